The van der Waals surface area contributed by atoms with Gasteiger partial charge in [-0.25, -0.2) is 4.79 Å². The van der Waals surface area contributed by atoms with Crippen LogP contribution in [-0.4, -0.2) is 27.8 Å². The van der Waals surface area contributed by atoms with E-state index in [4.69, 9.17) is 4.74 Å². The molecule has 0 unspecified atom stereocenters. The molecule has 1 heterocycles. The van der Waals surface area contributed by atoms with Crippen molar-refractivity contribution in [3.63, 3.8) is 0 Å². The number of non-ortho nitro benzene ring substituents is 1. The molecule has 2 aromatic carbocycles. The summed E-state index contributed by atoms with van der Waals surface area (Å²) in [6.07, 6.45) is 1.52. The first-order chi connectivity index (χ1) is 15.2. The van der Waals surface area contributed by atoms with Crippen LogP contribution >= 0.6 is 22.6 Å². The second-order valence-corrected chi connectivity index (χ2v) is 8.30. The Labute approximate surface area is 199 Å². The third-order valence-corrected chi connectivity index (χ3v) is 5.65. The van der Waals surface area contributed by atoms with Gasteiger partial charge in [-0.15, -0.1) is 0 Å². The first-order valence-electron chi connectivity index (χ1n) is 9.85. The number of aryl methyl sites for hydroxylation is 1. The average molecular weight is 544 g/mol. The highest BCUT2D eigenvalue weighted by Gasteiger charge is 2.23. The van der Waals surface area contributed by atoms with Crippen molar-refractivity contribution in [2.75, 3.05) is 6.61 Å². The number of halogens is 1. The summed E-state index contributed by atoms with van der Waals surface area (Å²) in [5.74, 6) is -1.30. The molecule has 0 aliphatic carbocycles. The molecule has 0 saturated carbocycles. The quantitative estimate of drug-likeness (QED) is 0.0578. The Hall–Kier alpha value is -3.27. The fourth-order valence-electron chi connectivity index (χ4n) is 3.39. The van der Waals surface area contributed by atoms with Crippen molar-refractivity contribution in [1.82, 2.24) is 4.57 Å². The number of ether oxygens (including phenoxy) is 1. The molecule has 1 aromatic heterocycles. The lowest BCUT2D eigenvalue weighted by molar-refractivity contribution is -0.384. The van der Waals surface area contributed by atoms with E-state index in [1.807, 2.05) is 48.7 Å². The summed E-state index contributed by atoms with van der Waals surface area (Å²) in [7, 11) is 0. The number of nitro groups is 1. The standard InChI is InChI=1S/C24H21IN2O5/c1-4-32-24(29)22(23(28)17-5-9-21(10-6-17)27(30)31)14-18-13-15(2)26(16(18)3)20-11-7-19(25)8-12-20/h5-14H,4H2,1-3H3/b22-14+. The van der Waals surface area contributed by atoms with E-state index in [1.165, 1.54) is 30.3 Å². The first-order valence-corrected chi connectivity index (χ1v) is 10.9. The molecule has 7 nitrogen and oxygen atoms in total. The van der Waals surface area contributed by atoms with Gasteiger partial charge in [-0.2, -0.15) is 0 Å². The number of nitrogens with zero attached hydrogens (tertiary/aromatic N) is 2. The largest absolute Gasteiger partial charge is 0.462 e. The first kappa shape index (κ1) is 23.4. The Bertz CT molecular complexity index is 1210. The maximum Gasteiger partial charge on any atom is 0.342 e. The van der Waals surface area contributed by atoms with Crippen molar-refractivity contribution in [1.29, 1.82) is 0 Å². The van der Waals surface area contributed by atoms with Gasteiger partial charge in [-0.1, -0.05) is 0 Å². The molecule has 0 aliphatic heterocycles. The summed E-state index contributed by atoms with van der Waals surface area (Å²) in [4.78, 5) is 36.1. The number of ketones is 1. The van der Waals surface area contributed by atoms with Gasteiger partial charge in [0.15, 0.2) is 5.78 Å². The Kier molecular flexibility index (Phi) is 7.24. The van der Waals surface area contributed by atoms with E-state index < -0.39 is 16.7 Å². The predicted octanol–water partition coefficient (Wildman–Crippen LogP) is 5.44. The minimum atomic E-state index is -0.741. The smallest absolute Gasteiger partial charge is 0.342 e. The van der Waals surface area contributed by atoms with Gasteiger partial charge in [0.05, 0.1) is 11.5 Å². The predicted molar refractivity (Wildman–Crippen MR) is 130 cm³/mol. The van der Waals surface area contributed by atoms with Crippen molar-refractivity contribution in [3.05, 3.63) is 96.4 Å². The molecule has 8 heteroatoms. The molecular weight excluding hydrogens is 523 g/mol. The molecule has 0 bridgehead atoms. The highest BCUT2D eigenvalue weighted by atomic mass is 127. The van der Waals surface area contributed by atoms with Crippen molar-refractivity contribution in [2.24, 2.45) is 0 Å². The summed E-state index contributed by atoms with van der Waals surface area (Å²) in [6.45, 7) is 5.64. The van der Waals surface area contributed by atoms with Crippen LogP contribution in [0.4, 0.5) is 5.69 Å². The van der Waals surface area contributed by atoms with Gasteiger partial charge < -0.3 is 9.30 Å². The minimum Gasteiger partial charge on any atom is -0.462 e. The lowest BCUT2D eigenvalue weighted by atomic mass is 10.0. The molecule has 0 aliphatic rings. The Morgan fingerprint density at radius 3 is 2.28 bits per heavy atom. The Morgan fingerprint density at radius 2 is 1.72 bits per heavy atom. The molecule has 0 N–H and O–H groups in total. The fourth-order valence-corrected chi connectivity index (χ4v) is 3.75. The second-order valence-electron chi connectivity index (χ2n) is 7.05. The summed E-state index contributed by atoms with van der Waals surface area (Å²) in [6, 6.07) is 15.1. The van der Waals surface area contributed by atoms with Crippen LogP contribution < -0.4 is 0 Å². The number of carbonyl (C=O) groups is 2. The van der Waals surface area contributed by atoms with Crippen LogP contribution in [0.3, 0.4) is 0 Å². The van der Waals surface area contributed by atoms with E-state index in [0.29, 0.717) is 5.56 Å². The van der Waals surface area contributed by atoms with E-state index in [0.717, 1.165) is 20.6 Å². The van der Waals surface area contributed by atoms with E-state index in [9.17, 15) is 19.7 Å². The SMILES string of the molecule is CCOC(=O)/C(=C/c1cc(C)n(-c2ccc(I)cc2)c1C)C(=O)c1ccc([N+](=O)[O-])cc1. The van der Waals surface area contributed by atoms with Gasteiger partial charge in [0.2, 0.25) is 0 Å². The van der Waals surface area contributed by atoms with Gasteiger partial charge in [-0.3, -0.25) is 14.9 Å². The minimum absolute atomic E-state index is 0.116. The van der Waals surface area contributed by atoms with Crippen molar-refractivity contribution >= 4 is 46.1 Å². The molecule has 3 rings (SSSR count). The lowest BCUT2D eigenvalue weighted by Crippen LogP contribution is -2.16. The molecule has 0 radical (unpaired) electrons. The zero-order chi connectivity index (χ0) is 23.4. The molecule has 0 atom stereocenters. The van der Waals surface area contributed by atoms with Crippen LogP contribution in [0.15, 0.2) is 60.2 Å². The van der Waals surface area contributed by atoms with E-state index in [2.05, 4.69) is 22.6 Å². The van der Waals surface area contributed by atoms with Crippen LogP contribution in [0, 0.1) is 27.5 Å². The number of benzene rings is 2. The third kappa shape index (κ3) is 4.96. The van der Waals surface area contributed by atoms with Crippen molar-refractivity contribution in [3.8, 4) is 5.69 Å². The summed E-state index contributed by atoms with van der Waals surface area (Å²) >= 11 is 2.24. The number of nitro benzene ring substituents is 1. The second kappa shape index (κ2) is 9.90. The van der Waals surface area contributed by atoms with E-state index in [1.54, 1.807) is 6.92 Å². The van der Waals surface area contributed by atoms with Crippen LogP contribution in [-0.2, 0) is 9.53 Å². The number of Topliss-reactive ketones (excluding diaryl/α,β-unsaturated/α-hetero) is 1. The number of aromatic nitrogens is 1. The van der Waals surface area contributed by atoms with Crippen LogP contribution in [0.5, 0.6) is 0 Å². The normalized spacial score (nSPS) is 11.3. The van der Waals surface area contributed by atoms with Crippen molar-refractivity contribution < 1.29 is 19.2 Å². The molecule has 0 spiro atoms. The van der Waals surface area contributed by atoms with E-state index >= 15 is 0 Å². The number of rotatable bonds is 7. The van der Waals surface area contributed by atoms with Gasteiger partial charge >= 0.3 is 5.97 Å². The highest BCUT2D eigenvalue weighted by Crippen LogP contribution is 2.25. The monoisotopic (exact) mass is 544 g/mol. The average Bonchev–Trinajstić information content (AvgIpc) is 3.05. The molecule has 3 aromatic rings. The summed E-state index contributed by atoms with van der Waals surface area (Å²) < 4.78 is 8.27. The zero-order valence-corrected chi connectivity index (χ0v) is 20.0. The van der Waals surface area contributed by atoms with Gasteiger partial charge in [0.1, 0.15) is 5.57 Å². The molecule has 0 amide bonds. The third-order valence-electron chi connectivity index (χ3n) is 4.94. The maximum atomic E-state index is 13.1. The zero-order valence-electron chi connectivity index (χ0n) is 17.8. The topological polar surface area (TPSA) is 91.4 Å². The van der Waals surface area contributed by atoms with Crippen LogP contribution in [0.25, 0.3) is 11.8 Å². The maximum absolute atomic E-state index is 13.1. The fraction of sp³-hybridized carbons (Fsp3) is 0.167. The van der Waals surface area contributed by atoms with Crippen molar-refractivity contribution in [2.45, 2.75) is 20.8 Å². The summed E-state index contributed by atoms with van der Waals surface area (Å²) in [5.41, 5.74) is 3.39. The molecule has 0 saturated heterocycles. The van der Waals surface area contributed by atoms with Gasteiger partial charge in [0.25, 0.3) is 5.69 Å². The molecule has 32 heavy (non-hydrogen) atoms. The Morgan fingerprint density at radius 1 is 1.09 bits per heavy atom. The van der Waals surface area contributed by atoms with E-state index in [-0.39, 0.29) is 23.4 Å². The lowest BCUT2D eigenvalue weighted by Gasteiger charge is -2.10. The molecule has 0 fully saturated rings. The number of esters is 1. The highest BCUT2D eigenvalue weighted by molar-refractivity contribution is 14.1. The number of carbonyl (C=O) groups excluding carboxylic acids is 2. The Balaban J connectivity index is 2.06. The van der Waals surface area contributed by atoms with Gasteiger partial charge in [-0.05, 0) is 97.5 Å². The van der Waals surface area contributed by atoms with Crippen LogP contribution in [0.1, 0.15) is 34.2 Å². The molecule has 164 valence electrons. The number of hydrogen-bond acceptors (Lipinski definition) is 5. The number of hydrogen-bond donors (Lipinski definition) is 0. The van der Waals surface area contributed by atoms with Crippen LogP contribution in [0.2, 0.25) is 0 Å². The summed E-state index contributed by atoms with van der Waals surface area (Å²) in [5, 5.41) is 10.9. The van der Waals surface area contributed by atoms with Gasteiger partial charge in [0, 0.05) is 38.3 Å². The molecular formula is C24H21IN2O5.